The van der Waals surface area contributed by atoms with E-state index in [1.807, 2.05) is 6.07 Å². The molecule has 1 heterocycles. The first-order chi connectivity index (χ1) is 10.1. The molecule has 2 N–H and O–H groups in total. The highest BCUT2D eigenvalue weighted by molar-refractivity contribution is 5.99. The lowest BCUT2D eigenvalue weighted by atomic mass is 10.1. The molecule has 0 atom stereocenters. The zero-order valence-corrected chi connectivity index (χ0v) is 11.3. The molecule has 0 spiro atoms. The molecular formula is C17H14FNO2. The van der Waals surface area contributed by atoms with E-state index in [2.05, 4.69) is 4.98 Å². The number of carbonyl (C=O) groups is 1. The molecule has 0 saturated carbocycles. The van der Waals surface area contributed by atoms with Gasteiger partial charge in [-0.1, -0.05) is 12.1 Å². The van der Waals surface area contributed by atoms with Gasteiger partial charge < -0.3 is 10.1 Å². The Labute approximate surface area is 121 Å². The van der Waals surface area contributed by atoms with Crippen LogP contribution in [0.25, 0.3) is 10.9 Å². The van der Waals surface area contributed by atoms with Gasteiger partial charge in [0.05, 0.1) is 5.69 Å². The zero-order chi connectivity index (χ0) is 14.8. The van der Waals surface area contributed by atoms with Gasteiger partial charge in [0.2, 0.25) is 0 Å². The lowest BCUT2D eigenvalue weighted by Gasteiger charge is -2.01. The lowest BCUT2D eigenvalue weighted by molar-refractivity contribution is 0.0979. The monoisotopic (exact) mass is 283 g/mol. The Morgan fingerprint density at radius 2 is 2.00 bits per heavy atom. The molecule has 0 radical (unpaired) electrons. The van der Waals surface area contributed by atoms with Crippen molar-refractivity contribution in [1.82, 2.24) is 4.98 Å². The van der Waals surface area contributed by atoms with E-state index < -0.39 is 0 Å². The van der Waals surface area contributed by atoms with Gasteiger partial charge in [-0.2, -0.15) is 0 Å². The summed E-state index contributed by atoms with van der Waals surface area (Å²) in [5, 5.41) is 10.1. The average Bonchev–Trinajstić information content (AvgIpc) is 2.88. The lowest BCUT2D eigenvalue weighted by Crippen LogP contribution is -2.01. The molecular weight excluding hydrogens is 269 g/mol. The van der Waals surface area contributed by atoms with Gasteiger partial charge in [0.1, 0.15) is 11.6 Å². The molecule has 3 aromatic rings. The maximum absolute atomic E-state index is 13.1. The first-order valence-corrected chi connectivity index (χ1v) is 6.71. The van der Waals surface area contributed by atoms with Crippen LogP contribution in [0.15, 0.2) is 48.5 Å². The Hall–Kier alpha value is -2.62. The number of aromatic hydroxyl groups is 1. The molecule has 4 heteroatoms. The number of aryl methyl sites for hydroxylation is 1. The Morgan fingerprint density at radius 1 is 1.14 bits per heavy atom. The second kappa shape index (κ2) is 5.40. The third kappa shape index (κ3) is 2.94. The van der Waals surface area contributed by atoms with Crippen molar-refractivity contribution < 1.29 is 14.3 Å². The van der Waals surface area contributed by atoms with Crippen LogP contribution < -0.4 is 0 Å². The van der Waals surface area contributed by atoms with E-state index in [1.54, 1.807) is 30.3 Å². The predicted molar refractivity (Wildman–Crippen MR) is 79.0 cm³/mol. The maximum atomic E-state index is 13.1. The Bertz CT molecular complexity index is 807. The van der Waals surface area contributed by atoms with Gasteiger partial charge in [-0.05, 0) is 48.4 Å². The van der Waals surface area contributed by atoms with Crippen molar-refractivity contribution in [3.63, 3.8) is 0 Å². The standard InChI is InChI=1S/C17H14FNO2/c18-13-5-6-15-12(9-13)10-16(19-15)17(21)7-4-11-2-1-3-14(20)8-11/h1-3,5-6,8-10,19-20H,4,7H2. The van der Waals surface area contributed by atoms with Crippen molar-refractivity contribution in [2.75, 3.05) is 0 Å². The van der Waals surface area contributed by atoms with Gasteiger partial charge in [-0.15, -0.1) is 0 Å². The summed E-state index contributed by atoms with van der Waals surface area (Å²) in [5.74, 6) is -0.156. The molecule has 0 unspecified atom stereocenters. The molecule has 0 bridgehead atoms. The number of aromatic nitrogens is 1. The van der Waals surface area contributed by atoms with Crippen LogP contribution >= 0.6 is 0 Å². The summed E-state index contributed by atoms with van der Waals surface area (Å²) in [4.78, 5) is 15.2. The second-order valence-corrected chi connectivity index (χ2v) is 5.01. The van der Waals surface area contributed by atoms with Crippen LogP contribution in [0.2, 0.25) is 0 Å². The number of hydrogen-bond donors (Lipinski definition) is 2. The van der Waals surface area contributed by atoms with Gasteiger partial charge >= 0.3 is 0 Å². The SMILES string of the molecule is O=C(CCc1cccc(O)c1)c1cc2cc(F)ccc2[nH]1. The molecule has 0 amide bonds. The van der Waals surface area contributed by atoms with Crippen LogP contribution in [-0.4, -0.2) is 15.9 Å². The third-order valence-electron chi connectivity index (χ3n) is 3.43. The number of Topliss-reactive ketones (excluding diaryl/α,β-unsaturated/α-hetero) is 1. The largest absolute Gasteiger partial charge is 0.508 e. The summed E-state index contributed by atoms with van der Waals surface area (Å²) in [6, 6.07) is 12.9. The van der Waals surface area contributed by atoms with Gasteiger partial charge in [0.15, 0.2) is 5.78 Å². The van der Waals surface area contributed by atoms with E-state index in [4.69, 9.17) is 0 Å². The van der Waals surface area contributed by atoms with E-state index >= 15 is 0 Å². The van der Waals surface area contributed by atoms with Gasteiger partial charge in [-0.3, -0.25) is 4.79 Å². The number of hydrogen-bond acceptors (Lipinski definition) is 2. The number of benzene rings is 2. The van der Waals surface area contributed by atoms with Crippen molar-refractivity contribution in [2.45, 2.75) is 12.8 Å². The van der Waals surface area contributed by atoms with Crippen LogP contribution in [0.3, 0.4) is 0 Å². The number of aromatic amines is 1. The molecule has 3 nitrogen and oxygen atoms in total. The van der Waals surface area contributed by atoms with Crippen molar-refractivity contribution >= 4 is 16.7 Å². The fraction of sp³-hybridized carbons (Fsp3) is 0.118. The highest BCUT2D eigenvalue weighted by atomic mass is 19.1. The summed E-state index contributed by atoms with van der Waals surface area (Å²) < 4.78 is 13.1. The van der Waals surface area contributed by atoms with E-state index in [0.717, 1.165) is 11.1 Å². The van der Waals surface area contributed by atoms with E-state index in [0.29, 0.717) is 23.9 Å². The van der Waals surface area contributed by atoms with Gasteiger partial charge in [-0.25, -0.2) is 4.39 Å². The molecule has 3 rings (SSSR count). The maximum Gasteiger partial charge on any atom is 0.179 e. The number of carbonyl (C=O) groups excluding carboxylic acids is 1. The number of phenolic OH excluding ortho intramolecular Hbond substituents is 1. The van der Waals surface area contributed by atoms with Crippen LogP contribution in [0.1, 0.15) is 22.5 Å². The summed E-state index contributed by atoms with van der Waals surface area (Å²) in [5.41, 5.74) is 2.14. The molecule has 0 aliphatic carbocycles. The molecule has 0 aliphatic rings. The fourth-order valence-electron chi connectivity index (χ4n) is 2.36. The number of H-pyrrole nitrogens is 1. The average molecular weight is 283 g/mol. The van der Waals surface area contributed by atoms with Crippen LogP contribution in [0, 0.1) is 5.82 Å². The highest BCUT2D eigenvalue weighted by Gasteiger charge is 2.10. The number of rotatable bonds is 4. The van der Waals surface area contributed by atoms with Gasteiger partial charge in [0, 0.05) is 17.3 Å². The van der Waals surface area contributed by atoms with Crippen LogP contribution in [0.4, 0.5) is 4.39 Å². The summed E-state index contributed by atoms with van der Waals surface area (Å²) in [6.45, 7) is 0. The normalized spacial score (nSPS) is 10.9. The molecule has 0 saturated heterocycles. The summed E-state index contributed by atoms with van der Waals surface area (Å²) in [6.07, 6.45) is 0.885. The molecule has 106 valence electrons. The number of phenols is 1. The Morgan fingerprint density at radius 3 is 2.81 bits per heavy atom. The predicted octanol–water partition coefficient (Wildman–Crippen LogP) is 3.83. The first kappa shape index (κ1) is 13.4. The minimum absolute atomic E-state index is 0.0325. The molecule has 0 fully saturated rings. The van der Waals surface area contributed by atoms with Crippen molar-refractivity contribution in [2.24, 2.45) is 0 Å². The zero-order valence-electron chi connectivity index (χ0n) is 11.3. The minimum Gasteiger partial charge on any atom is -0.508 e. The number of halogens is 1. The smallest absolute Gasteiger partial charge is 0.179 e. The van der Waals surface area contributed by atoms with Crippen LogP contribution in [0.5, 0.6) is 5.75 Å². The van der Waals surface area contributed by atoms with E-state index in [-0.39, 0.29) is 17.3 Å². The molecule has 21 heavy (non-hydrogen) atoms. The molecule has 0 aliphatic heterocycles. The second-order valence-electron chi connectivity index (χ2n) is 5.01. The van der Waals surface area contributed by atoms with Crippen LogP contribution in [-0.2, 0) is 6.42 Å². The quantitative estimate of drug-likeness (QED) is 0.715. The topological polar surface area (TPSA) is 53.1 Å². The van der Waals surface area contributed by atoms with E-state index in [9.17, 15) is 14.3 Å². The number of fused-ring (bicyclic) bond motifs is 1. The molecule has 1 aromatic heterocycles. The number of ketones is 1. The summed E-state index contributed by atoms with van der Waals surface area (Å²) >= 11 is 0. The number of nitrogens with one attached hydrogen (secondary N) is 1. The highest BCUT2D eigenvalue weighted by Crippen LogP contribution is 2.19. The first-order valence-electron chi connectivity index (χ1n) is 6.71. The van der Waals surface area contributed by atoms with Gasteiger partial charge in [0.25, 0.3) is 0 Å². The van der Waals surface area contributed by atoms with E-state index in [1.165, 1.54) is 12.1 Å². The van der Waals surface area contributed by atoms with Crippen molar-refractivity contribution in [3.8, 4) is 5.75 Å². The molecule has 2 aromatic carbocycles. The summed E-state index contributed by atoms with van der Waals surface area (Å²) in [7, 11) is 0. The third-order valence-corrected chi connectivity index (χ3v) is 3.43. The Kier molecular flexibility index (Phi) is 3.44. The minimum atomic E-state index is -0.319. The fourth-order valence-corrected chi connectivity index (χ4v) is 2.36. The van der Waals surface area contributed by atoms with Crippen molar-refractivity contribution in [3.05, 3.63) is 65.6 Å². The Balaban J connectivity index is 1.74. The van der Waals surface area contributed by atoms with Crippen molar-refractivity contribution in [1.29, 1.82) is 0 Å².